The zero-order chi connectivity index (χ0) is 14.8. The summed E-state index contributed by atoms with van der Waals surface area (Å²) in [5, 5.41) is 10.7. The third kappa shape index (κ3) is 3.72. The normalized spacial score (nSPS) is 12.5. The van der Waals surface area contributed by atoms with Crippen LogP contribution in [0, 0.1) is 29.3 Å². The molecule has 1 N–H and O–H groups in total. The Balaban J connectivity index is 3.28. The van der Waals surface area contributed by atoms with Crippen molar-refractivity contribution >= 4 is 0 Å². The Morgan fingerprint density at radius 2 is 1.42 bits per heavy atom. The molecule has 0 aliphatic rings. The molecule has 108 valence electrons. The van der Waals surface area contributed by atoms with E-state index in [9.17, 15) is 18.3 Å². The van der Waals surface area contributed by atoms with E-state index in [0.29, 0.717) is 12.8 Å². The molecular formula is C15H21F3O. The number of halogens is 3. The van der Waals surface area contributed by atoms with Crippen molar-refractivity contribution in [2.24, 2.45) is 11.8 Å². The lowest BCUT2D eigenvalue weighted by molar-refractivity contribution is -0.00823. The highest BCUT2D eigenvalue weighted by Gasteiger charge is 2.35. The molecule has 0 spiro atoms. The smallest absolute Gasteiger partial charge is 0.194 e. The number of rotatable bonds is 5. The Morgan fingerprint density at radius 3 is 1.84 bits per heavy atom. The van der Waals surface area contributed by atoms with Gasteiger partial charge in [0, 0.05) is 5.56 Å². The molecule has 0 aliphatic carbocycles. The minimum atomic E-state index is -1.52. The molecule has 0 unspecified atom stereocenters. The van der Waals surface area contributed by atoms with Crippen molar-refractivity contribution in [1.29, 1.82) is 0 Å². The Hall–Kier alpha value is -1.03. The van der Waals surface area contributed by atoms with Gasteiger partial charge >= 0.3 is 0 Å². The highest BCUT2D eigenvalue weighted by molar-refractivity contribution is 5.26. The van der Waals surface area contributed by atoms with Crippen LogP contribution in [0.3, 0.4) is 0 Å². The van der Waals surface area contributed by atoms with E-state index < -0.39 is 23.1 Å². The van der Waals surface area contributed by atoms with Crippen LogP contribution in [0.1, 0.15) is 46.1 Å². The SMILES string of the molecule is CC(C)CC(O)(CC(C)C)c1ccc(F)c(F)c1F. The fourth-order valence-electron chi connectivity index (χ4n) is 2.54. The number of aliphatic hydroxyl groups is 1. The van der Waals surface area contributed by atoms with Crippen LogP contribution in [-0.4, -0.2) is 5.11 Å². The monoisotopic (exact) mass is 274 g/mol. The van der Waals surface area contributed by atoms with E-state index in [1.165, 1.54) is 0 Å². The zero-order valence-corrected chi connectivity index (χ0v) is 11.8. The standard InChI is InChI=1S/C15H21F3O/c1-9(2)7-15(19,8-10(3)4)11-5-6-12(16)14(18)13(11)17/h5-6,9-10,19H,7-8H2,1-4H3. The van der Waals surface area contributed by atoms with Gasteiger partial charge in [0.25, 0.3) is 0 Å². The van der Waals surface area contributed by atoms with Crippen LogP contribution in [0.4, 0.5) is 13.2 Å². The van der Waals surface area contributed by atoms with E-state index in [4.69, 9.17) is 0 Å². The van der Waals surface area contributed by atoms with E-state index in [0.717, 1.165) is 12.1 Å². The highest BCUT2D eigenvalue weighted by Crippen LogP contribution is 2.37. The fraction of sp³-hybridized carbons (Fsp3) is 0.600. The second-order valence-electron chi connectivity index (χ2n) is 5.95. The van der Waals surface area contributed by atoms with Crippen molar-refractivity contribution < 1.29 is 18.3 Å². The second-order valence-corrected chi connectivity index (χ2v) is 5.95. The van der Waals surface area contributed by atoms with Gasteiger partial charge in [-0.15, -0.1) is 0 Å². The fourth-order valence-corrected chi connectivity index (χ4v) is 2.54. The first-order valence-electron chi connectivity index (χ1n) is 6.53. The topological polar surface area (TPSA) is 20.2 Å². The predicted octanol–water partition coefficient (Wildman–Crippen LogP) is 4.38. The van der Waals surface area contributed by atoms with E-state index in [1.807, 2.05) is 27.7 Å². The van der Waals surface area contributed by atoms with Gasteiger partial charge < -0.3 is 5.11 Å². The van der Waals surface area contributed by atoms with Crippen molar-refractivity contribution in [2.45, 2.75) is 46.1 Å². The summed E-state index contributed by atoms with van der Waals surface area (Å²) in [7, 11) is 0. The lowest BCUT2D eigenvalue weighted by Gasteiger charge is -2.32. The maximum absolute atomic E-state index is 13.9. The van der Waals surface area contributed by atoms with Crippen molar-refractivity contribution in [3.05, 3.63) is 35.1 Å². The van der Waals surface area contributed by atoms with Crippen molar-refractivity contribution in [2.75, 3.05) is 0 Å². The summed E-state index contributed by atoms with van der Waals surface area (Å²) < 4.78 is 40.2. The summed E-state index contributed by atoms with van der Waals surface area (Å²) in [6, 6.07) is 2.00. The van der Waals surface area contributed by atoms with E-state index >= 15 is 0 Å². The largest absolute Gasteiger partial charge is 0.385 e. The molecule has 1 rings (SSSR count). The first-order valence-corrected chi connectivity index (χ1v) is 6.53. The van der Waals surface area contributed by atoms with Crippen molar-refractivity contribution in [3.63, 3.8) is 0 Å². The molecule has 0 saturated carbocycles. The quantitative estimate of drug-likeness (QED) is 0.790. The summed E-state index contributed by atoms with van der Waals surface area (Å²) in [6.07, 6.45) is 0.598. The Labute approximate surface area is 112 Å². The molecule has 0 heterocycles. The minimum absolute atomic E-state index is 0.108. The van der Waals surface area contributed by atoms with E-state index in [2.05, 4.69) is 0 Å². The number of benzene rings is 1. The molecule has 1 aromatic rings. The molecule has 0 bridgehead atoms. The van der Waals surface area contributed by atoms with E-state index in [-0.39, 0.29) is 17.4 Å². The molecule has 0 aromatic heterocycles. The predicted molar refractivity (Wildman–Crippen MR) is 69.1 cm³/mol. The van der Waals surface area contributed by atoms with Crippen molar-refractivity contribution in [1.82, 2.24) is 0 Å². The average molecular weight is 274 g/mol. The van der Waals surface area contributed by atoms with Gasteiger partial charge in [-0.3, -0.25) is 0 Å². The van der Waals surface area contributed by atoms with Gasteiger partial charge in [0.1, 0.15) is 0 Å². The van der Waals surface area contributed by atoms with Crippen LogP contribution in [0.5, 0.6) is 0 Å². The van der Waals surface area contributed by atoms with Gasteiger partial charge in [-0.1, -0.05) is 33.8 Å². The summed E-state index contributed by atoms with van der Waals surface area (Å²) in [5.41, 5.74) is -1.63. The summed E-state index contributed by atoms with van der Waals surface area (Å²) in [6.45, 7) is 7.57. The molecule has 0 amide bonds. The average Bonchev–Trinajstić information content (AvgIpc) is 2.23. The van der Waals surface area contributed by atoms with Gasteiger partial charge in [-0.25, -0.2) is 13.2 Å². The minimum Gasteiger partial charge on any atom is -0.385 e. The van der Waals surface area contributed by atoms with Crippen molar-refractivity contribution in [3.8, 4) is 0 Å². The third-order valence-electron chi connectivity index (χ3n) is 3.03. The van der Waals surface area contributed by atoms with E-state index in [1.54, 1.807) is 0 Å². The first-order chi connectivity index (χ1) is 8.67. The van der Waals surface area contributed by atoms with Crippen LogP contribution >= 0.6 is 0 Å². The summed E-state index contributed by atoms with van der Waals surface area (Å²) in [5.74, 6) is -3.84. The molecular weight excluding hydrogens is 253 g/mol. The Bertz CT molecular complexity index is 431. The lowest BCUT2D eigenvalue weighted by Crippen LogP contribution is -2.31. The summed E-state index contributed by atoms with van der Waals surface area (Å²) >= 11 is 0. The highest BCUT2D eigenvalue weighted by atomic mass is 19.2. The van der Waals surface area contributed by atoms with Crippen LogP contribution in [0.25, 0.3) is 0 Å². The van der Waals surface area contributed by atoms with Gasteiger partial charge in [0.2, 0.25) is 0 Å². The zero-order valence-electron chi connectivity index (χ0n) is 11.8. The third-order valence-corrected chi connectivity index (χ3v) is 3.03. The van der Waals surface area contributed by atoms with Crippen LogP contribution in [0.15, 0.2) is 12.1 Å². The molecule has 1 nitrogen and oxygen atoms in total. The molecule has 0 radical (unpaired) electrons. The van der Waals surface area contributed by atoms with Gasteiger partial charge in [0.05, 0.1) is 5.60 Å². The molecule has 0 saturated heterocycles. The Morgan fingerprint density at radius 1 is 0.947 bits per heavy atom. The van der Waals surface area contributed by atoms with Gasteiger partial charge in [0.15, 0.2) is 17.5 Å². The maximum atomic E-state index is 13.9. The molecule has 0 fully saturated rings. The molecule has 0 atom stereocenters. The second kappa shape index (κ2) is 5.95. The molecule has 19 heavy (non-hydrogen) atoms. The molecule has 1 aromatic carbocycles. The van der Waals surface area contributed by atoms with Crippen LogP contribution < -0.4 is 0 Å². The first kappa shape index (κ1) is 16.0. The number of hydrogen-bond donors (Lipinski definition) is 1. The van der Waals surface area contributed by atoms with Gasteiger partial charge in [-0.2, -0.15) is 0 Å². The van der Waals surface area contributed by atoms with Crippen LogP contribution in [0.2, 0.25) is 0 Å². The van der Waals surface area contributed by atoms with Gasteiger partial charge in [-0.05, 0) is 30.7 Å². The lowest BCUT2D eigenvalue weighted by atomic mass is 9.79. The number of hydrogen-bond acceptors (Lipinski definition) is 1. The Kier molecular flexibility index (Phi) is 5.02. The molecule has 4 heteroatoms. The molecule has 0 aliphatic heterocycles. The van der Waals surface area contributed by atoms with Crippen LogP contribution in [-0.2, 0) is 5.60 Å². The summed E-state index contributed by atoms with van der Waals surface area (Å²) in [4.78, 5) is 0. The maximum Gasteiger partial charge on any atom is 0.194 e.